The number of hydrogen-bond acceptors (Lipinski definition) is 6. The highest BCUT2D eigenvalue weighted by molar-refractivity contribution is 7.14. The van der Waals surface area contributed by atoms with Gasteiger partial charge in [-0.2, -0.15) is 0 Å². The van der Waals surface area contributed by atoms with Crippen molar-refractivity contribution in [3.05, 3.63) is 53.4 Å². The molecule has 0 aliphatic carbocycles. The standard InChI is InChI=1S/C18H15N3O4S/c1-10(22)19-12-4-2-3-11(7-12)15-9-26-18(21-15)20-13-5-6-16(23)14(8-13)17(24)25/h2-9,23H,1H3,(H,19,22)(H,20,21)(H,24,25). The first-order chi connectivity index (χ1) is 12.4. The lowest BCUT2D eigenvalue weighted by atomic mass is 10.1. The third-order valence-electron chi connectivity index (χ3n) is 3.46. The fourth-order valence-electron chi connectivity index (χ4n) is 2.33. The van der Waals surface area contributed by atoms with E-state index in [0.29, 0.717) is 16.5 Å². The number of benzene rings is 2. The van der Waals surface area contributed by atoms with E-state index >= 15 is 0 Å². The second kappa shape index (κ2) is 7.24. The summed E-state index contributed by atoms with van der Waals surface area (Å²) in [4.78, 5) is 26.7. The highest BCUT2D eigenvalue weighted by Gasteiger charge is 2.11. The van der Waals surface area contributed by atoms with Gasteiger partial charge in [-0.15, -0.1) is 11.3 Å². The number of rotatable bonds is 5. The number of aromatic hydroxyl groups is 1. The Hall–Kier alpha value is -3.39. The number of anilines is 3. The Morgan fingerprint density at radius 3 is 2.65 bits per heavy atom. The molecule has 0 bridgehead atoms. The van der Waals surface area contributed by atoms with Crippen molar-refractivity contribution in [2.75, 3.05) is 10.6 Å². The molecular weight excluding hydrogens is 354 g/mol. The van der Waals surface area contributed by atoms with Crippen molar-refractivity contribution in [1.82, 2.24) is 4.98 Å². The molecular formula is C18H15N3O4S. The zero-order valence-electron chi connectivity index (χ0n) is 13.7. The number of carboxylic acid groups (broad SMARTS) is 1. The molecule has 0 unspecified atom stereocenters. The van der Waals surface area contributed by atoms with Crippen molar-refractivity contribution in [1.29, 1.82) is 0 Å². The molecule has 7 nitrogen and oxygen atoms in total. The van der Waals surface area contributed by atoms with Crippen LogP contribution in [-0.4, -0.2) is 27.1 Å². The molecule has 3 rings (SSSR count). The van der Waals surface area contributed by atoms with Gasteiger partial charge in [-0.05, 0) is 30.3 Å². The van der Waals surface area contributed by atoms with Crippen molar-refractivity contribution in [3.63, 3.8) is 0 Å². The Bertz CT molecular complexity index is 984. The molecule has 132 valence electrons. The highest BCUT2D eigenvalue weighted by Crippen LogP contribution is 2.30. The summed E-state index contributed by atoms with van der Waals surface area (Å²) in [5.74, 6) is -1.65. The molecule has 0 aliphatic rings. The summed E-state index contributed by atoms with van der Waals surface area (Å²) in [6, 6.07) is 11.6. The first-order valence-electron chi connectivity index (χ1n) is 7.59. The number of aromatic nitrogens is 1. The van der Waals surface area contributed by atoms with Crippen molar-refractivity contribution >= 4 is 39.7 Å². The molecule has 0 spiro atoms. The number of hydrogen-bond donors (Lipinski definition) is 4. The number of thiazole rings is 1. The van der Waals surface area contributed by atoms with E-state index in [9.17, 15) is 14.7 Å². The lowest BCUT2D eigenvalue weighted by Crippen LogP contribution is -2.05. The second-order valence-corrected chi connectivity index (χ2v) is 6.32. The number of amides is 1. The molecule has 4 N–H and O–H groups in total. The molecule has 26 heavy (non-hydrogen) atoms. The monoisotopic (exact) mass is 369 g/mol. The molecule has 0 fully saturated rings. The van der Waals surface area contributed by atoms with Gasteiger partial charge in [0, 0.05) is 29.2 Å². The molecule has 1 heterocycles. The van der Waals surface area contributed by atoms with Crippen LogP contribution in [0.5, 0.6) is 5.75 Å². The number of nitrogens with zero attached hydrogens (tertiary/aromatic N) is 1. The van der Waals surface area contributed by atoms with E-state index in [1.54, 1.807) is 12.1 Å². The maximum absolute atomic E-state index is 11.2. The summed E-state index contributed by atoms with van der Waals surface area (Å²) >= 11 is 1.36. The molecule has 2 aromatic carbocycles. The number of nitrogens with one attached hydrogen (secondary N) is 2. The van der Waals surface area contributed by atoms with Gasteiger partial charge in [0.05, 0.1) is 5.69 Å². The maximum Gasteiger partial charge on any atom is 0.339 e. The van der Waals surface area contributed by atoms with Crippen LogP contribution in [0.4, 0.5) is 16.5 Å². The normalized spacial score (nSPS) is 10.3. The molecule has 8 heteroatoms. The van der Waals surface area contributed by atoms with Crippen LogP contribution in [0.25, 0.3) is 11.3 Å². The number of aromatic carboxylic acids is 1. The van der Waals surface area contributed by atoms with E-state index in [0.717, 1.165) is 11.3 Å². The van der Waals surface area contributed by atoms with Gasteiger partial charge in [0.25, 0.3) is 0 Å². The molecule has 0 saturated heterocycles. The van der Waals surface area contributed by atoms with Gasteiger partial charge in [-0.3, -0.25) is 4.79 Å². The Kier molecular flexibility index (Phi) is 4.85. The third kappa shape index (κ3) is 3.98. The molecule has 0 radical (unpaired) electrons. The smallest absolute Gasteiger partial charge is 0.339 e. The molecule has 1 aromatic heterocycles. The number of carbonyl (C=O) groups is 2. The lowest BCUT2D eigenvalue weighted by molar-refractivity contribution is -0.114. The minimum Gasteiger partial charge on any atom is -0.507 e. The van der Waals surface area contributed by atoms with E-state index in [4.69, 9.17) is 5.11 Å². The van der Waals surface area contributed by atoms with Crippen LogP contribution < -0.4 is 10.6 Å². The minimum atomic E-state index is -1.21. The second-order valence-electron chi connectivity index (χ2n) is 5.46. The largest absolute Gasteiger partial charge is 0.507 e. The predicted octanol–water partition coefficient (Wildman–Crippen LogP) is 3.92. The summed E-state index contributed by atoms with van der Waals surface area (Å²) in [5, 5.41) is 26.8. The average Bonchev–Trinajstić information content (AvgIpc) is 3.04. The van der Waals surface area contributed by atoms with Crippen molar-refractivity contribution in [2.45, 2.75) is 6.92 Å². The topological polar surface area (TPSA) is 112 Å². The Morgan fingerprint density at radius 1 is 1.12 bits per heavy atom. The average molecular weight is 369 g/mol. The van der Waals surface area contributed by atoms with E-state index in [1.807, 2.05) is 23.6 Å². The summed E-state index contributed by atoms with van der Waals surface area (Å²) in [5.41, 5.74) is 2.57. The van der Waals surface area contributed by atoms with E-state index in [1.165, 1.54) is 30.4 Å². The molecule has 0 atom stereocenters. The number of carbonyl (C=O) groups excluding carboxylic acids is 1. The van der Waals surface area contributed by atoms with Gasteiger partial charge in [-0.1, -0.05) is 12.1 Å². The quantitative estimate of drug-likeness (QED) is 0.507. The Balaban J connectivity index is 1.81. The van der Waals surface area contributed by atoms with Gasteiger partial charge in [0.2, 0.25) is 5.91 Å². The molecule has 1 amide bonds. The fraction of sp³-hybridized carbons (Fsp3) is 0.0556. The van der Waals surface area contributed by atoms with Crippen LogP contribution >= 0.6 is 11.3 Å². The number of phenols is 1. The van der Waals surface area contributed by atoms with Gasteiger partial charge < -0.3 is 20.8 Å². The van der Waals surface area contributed by atoms with E-state index in [-0.39, 0.29) is 17.2 Å². The summed E-state index contributed by atoms with van der Waals surface area (Å²) < 4.78 is 0. The van der Waals surface area contributed by atoms with Crippen LogP contribution in [0.15, 0.2) is 47.8 Å². The van der Waals surface area contributed by atoms with Crippen LogP contribution in [-0.2, 0) is 4.79 Å². The predicted molar refractivity (Wildman–Crippen MR) is 100 cm³/mol. The first-order valence-corrected chi connectivity index (χ1v) is 8.47. The fourth-order valence-corrected chi connectivity index (χ4v) is 3.07. The number of carboxylic acids is 1. The van der Waals surface area contributed by atoms with Crippen molar-refractivity contribution in [3.8, 4) is 17.0 Å². The maximum atomic E-state index is 11.2. The molecule has 3 aromatic rings. The van der Waals surface area contributed by atoms with Gasteiger partial charge in [0.15, 0.2) is 5.13 Å². The molecule has 0 aliphatic heterocycles. The Labute approximate surface area is 153 Å². The van der Waals surface area contributed by atoms with Crippen LogP contribution in [0, 0.1) is 0 Å². The van der Waals surface area contributed by atoms with Crippen LogP contribution in [0.1, 0.15) is 17.3 Å². The molecule has 0 saturated carbocycles. The van der Waals surface area contributed by atoms with Crippen molar-refractivity contribution in [2.24, 2.45) is 0 Å². The summed E-state index contributed by atoms with van der Waals surface area (Å²) in [6.07, 6.45) is 0. The van der Waals surface area contributed by atoms with Crippen LogP contribution in [0.3, 0.4) is 0 Å². The minimum absolute atomic E-state index is 0.149. The zero-order valence-corrected chi connectivity index (χ0v) is 14.5. The van der Waals surface area contributed by atoms with Gasteiger partial charge >= 0.3 is 5.97 Å². The SMILES string of the molecule is CC(=O)Nc1cccc(-c2csc(Nc3ccc(O)c(C(=O)O)c3)n2)c1. The lowest BCUT2D eigenvalue weighted by Gasteiger charge is -2.06. The highest BCUT2D eigenvalue weighted by atomic mass is 32.1. The van der Waals surface area contributed by atoms with Gasteiger partial charge in [0.1, 0.15) is 11.3 Å². The van der Waals surface area contributed by atoms with E-state index < -0.39 is 5.97 Å². The van der Waals surface area contributed by atoms with Crippen molar-refractivity contribution < 1.29 is 19.8 Å². The third-order valence-corrected chi connectivity index (χ3v) is 4.22. The van der Waals surface area contributed by atoms with E-state index in [2.05, 4.69) is 15.6 Å². The summed E-state index contributed by atoms with van der Waals surface area (Å²) in [6.45, 7) is 1.45. The zero-order chi connectivity index (χ0) is 18.7. The van der Waals surface area contributed by atoms with Crippen LogP contribution in [0.2, 0.25) is 0 Å². The first kappa shape index (κ1) is 17.4. The summed E-state index contributed by atoms with van der Waals surface area (Å²) in [7, 11) is 0. The van der Waals surface area contributed by atoms with Gasteiger partial charge in [-0.25, -0.2) is 9.78 Å². The Morgan fingerprint density at radius 2 is 1.92 bits per heavy atom.